The van der Waals surface area contributed by atoms with E-state index in [1.807, 2.05) is 0 Å². The quantitative estimate of drug-likeness (QED) is 0.343. The molecule has 2 nitrogen and oxygen atoms in total. The van der Waals surface area contributed by atoms with Crippen molar-refractivity contribution in [2.45, 2.75) is 30.3 Å². The van der Waals surface area contributed by atoms with Gasteiger partial charge in [-0.15, -0.1) is 0 Å². The minimum absolute atomic E-state index is 0.0915. The highest BCUT2D eigenvalue weighted by molar-refractivity contribution is 7.99. The molecular formula is C6H12O2S2. The molecule has 0 spiro atoms. The Morgan fingerprint density at radius 2 is 2.00 bits per heavy atom. The van der Waals surface area contributed by atoms with Crippen molar-refractivity contribution < 1.29 is 9.90 Å². The molecule has 60 valence electrons. The number of carboxylic acids is 1. The average molecular weight is 180 g/mol. The maximum absolute atomic E-state index is 10.0. The summed E-state index contributed by atoms with van der Waals surface area (Å²) in [4.78, 5) is 10.0. The molecule has 0 aliphatic heterocycles. The lowest BCUT2D eigenvalue weighted by Gasteiger charge is -1.99. The molecule has 0 radical (unpaired) electrons. The van der Waals surface area contributed by atoms with Crippen LogP contribution in [0.3, 0.4) is 0 Å². The van der Waals surface area contributed by atoms with E-state index in [0.29, 0.717) is 0 Å². The predicted molar refractivity (Wildman–Crippen MR) is 47.9 cm³/mol. The second-order valence-corrected chi connectivity index (χ2v) is 3.77. The molecule has 1 N–H and O–H groups in total. The maximum Gasteiger partial charge on any atom is 0.303 e. The van der Waals surface area contributed by atoms with Crippen LogP contribution in [0.25, 0.3) is 0 Å². The number of hydrogen-bond donors (Lipinski definition) is 3. The van der Waals surface area contributed by atoms with Gasteiger partial charge in [0.15, 0.2) is 0 Å². The molecular weight excluding hydrogens is 168 g/mol. The molecule has 0 aliphatic rings. The third-order valence-electron chi connectivity index (χ3n) is 1.10. The van der Waals surface area contributed by atoms with Crippen LogP contribution in [0.4, 0.5) is 0 Å². The molecule has 0 saturated carbocycles. The minimum atomic E-state index is -0.727. The summed E-state index contributed by atoms with van der Waals surface area (Å²) >= 11 is 8.08. The molecule has 0 aromatic rings. The first-order valence-electron chi connectivity index (χ1n) is 3.21. The van der Waals surface area contributed by atoms with Gasteiger partial charge in [0, 0.05) is 11.0 Å². The lowest BCUT2D eigenvalue weighted by atomic mass is 10.2. The van der Waals surface area contributed by atoms with Gasteiger partial charge < -0.3 is 5.11 Å². The molecule has 0 bridgehead atoms. The van der Waals surface area contributed by atoms with Gasteiger partial charge in [-0.2, -0.15) is 25.3 Å². The summed E-state index contributed by atoms with van der Waals surface area (Å²) in [5.41, 5.74) is 0. The van der Waals surface area contributed by atoms with Crippen LogP contribution < -0.4 is 0 Å². The zero-order valence-corrected chi connectivity index (χ0v) is 7.44. The van der Waals surface area contributed by atoms with Gasteiger partial charge >= 0.3 is 5.97 Å². The number of hydrogen-bond acceptors (Lipinski definition) is 3. The Hall–Kier alpha value is 0.170. The smallest absolute Gasteiger partial charge is 0.303 e. The summed E-state index contributed by atoms with van der Waals surface area (Å²) in [6, 6.07) is 0. The summed E-state index contributed by atoms with van der Waals surface area (Å²) in [6.07, 6.45) is 2.75. The number of unbranched alkanes of at least 4 members (excludes halogenated alkanes) is 1. The molecule has 0 rings (SSSR count). The van der Waals surface area contributed by atoms with Crippen molar-refractivity contribution in [2.75, 3.05) is 0 Å². The fourth-order valence-electron chi connectivity index (χ4n) is 0.603. The van der Waals surface area contributed by atoms with Crippen LogP contribution in [0.1, 0.15) is 25.7 Å². The van der Waals surface area contributed by atoms with Gasteiger partial charge in [0.2, 0.25) is 0 Å². The molecule has 10 heavy (non-hydrogen) atoms. The zero-order chi connectivity index (χ0) is 7.98. The van der Waals surface area contributed by atoms with E-state index in [9.17, 15) is 4.79 Å². The Labute approximate surface area is 71.8 Å². The summed E-state index contributed by atoms with van der Waals surface area (Å²) in [7, 11) is 0. The molecule has 0 heterocycles. The summed E-state index contributed by atoms with van der Waals surface area (Å²) < 4.78 is 0.0915. The van der Waals surface area contributed by atoms with Crippen LogP contribution in [0.2, 0.25) is 0 Å². The van der Waals surface area contributed by atoms with Gasteiger partial charge in [0.05, 0.1) is 0 Å². The summed E-state index contributed by atoms with van der Waals surface area (Å²) in [5.74, 6) is -0.727. The number of thiol groups is 2. The van der Waals surface area contributed by atoms with Crippen molar-refractivity contribution in [3.63, 3.8) is 0 Å². The average Bonchev–Trinajstić information content (AvgIpc) is 1.79. The Morgan fingerprint density at radius 3 is 2.40 bits per heavy atom. The zero-order valence-electron chi connectivity index (χ0n) is 5.66. The summed E-state index contributed by atoms with van der Waals surface area (Å²) in [6.45, 7) is 0. The number of carbonyl (C=O) groups is 1. The first kappa shape index (κ1) is 10.2. The highest BCUT2D eigenvalue weighted by atomic mass is 32.2. The third kappa shape index (κ3) is 8.17. The first-order valence-corrected chi connectivity index (χ1v) is 4.24. The van der Waals surface area contributed by atoms with E-state index in [1.165, 1.54) is 0 Å². The molecule has 0 aromatic heterocycles. The topological polar surface area (TPSA) is 37.3 Å². The fraction of sp³-hybridized carbons (Fsp3) is 0.833. The van der Waals surface area contributed by atoms with E-state index >= 15 is 0 Å². The van der Waals surface area contributed by atoms with Crippen LogP contribution in [-0.4, -0.2) is 15.7 Å². The van der Waals surface area contributed by atoms with E-state index in [4.69, 9.17) is 5.11 Å². The molecule has 4 heteroatoms. The van der Waals surface area contributed by atoms with Gasteiger partial charge in [-0.3, -0.25) is 4.79 Å². The van der Waals surface area contributed by atoms with Crippen molar-refractivity contribution in [1.29, 1.82) is 0 Å². The van der Waals surface area contributed by atoms with E-state index in [-0.39, 0.29) is 11.0 Å². The van der Waals surface area contributed by atoms with Crippen molar-refractivity contribution in [1.82, 2.24) is 0 Å². The van der Waals surface area contributed by atoms with Gasteiger partial charge in [0.1, 0.15) is 0 Å². The monoisotopic (exact) mass is 180 g/mol. The fourth-order valence-corrected chi connectivity index (χ4v) is 0.968. The molecule has 0 fully saturated rings. The van der Waals surface area contributed by atoms with Crippen molar-refractivity contribution in [2.24, 2.45) is 0 Å². The highest BCUT2D eigenvalue weighted by Crippen LogP contribution is 2.10. The molecule has 0 saturated heterocycles. The lowest BCUT2D eigenvalue weighted by Crippen LogP contribution is -1.95. The molecule has 0 unspecified atom stereocenters. The van der Waals surface area contributed by atoms with Crippen LogP contribution in [0.5, 0.6) is 0 Å². The van der Waals surface area contributed by atoms with E-state index in [0.717, 1.165) is 19.3 Å². The molecule has 0 aromatic carbocycles. The van der Waals surface area contributed by atoms with Crippen molar-refractivity contribution in [3.05, 3.63) is 0 Å². The summed E-state index contributed by atoms with van der Waals surface area (Å²) in [5, 5.41) is 8.24. The molecule has 0 amide bonds. The molecule has 0 aliphatic carbocycles. The largest absolute Gasteiger partial charge is 0.481 e. The Balaban J connectivity index is 2.98. The van der Waals surface area contributed by atoms with Crippen molar-refractivity contribution in [3.8, 4) is 0 Å². The third-order valence-corrected chi connectivity index (χ3v) is 1.62. The van der Waals surface area contributed by atoms with Gasteiger partial charge in [-0.05, 0) is 12.8 Å². The number of aliphatic carboxylic acids is 1. The van der Waals surface area contributed by atoms with Gasteiger partial charge in [-0.1, -0.05) is 6.42 Å². The van der Waals surface area contributed by atoms with Crippen LogP contribution >= 0.6 is 25.3 Å². The van der Waals surface area contributed by atoms with Crippen molar-refractivity contribution >= 4 is 31.2 Å². The normalized spacial score (nSPS) is 10.3. The standard InChI is InChI=1S/C6H12O2S2/c7-5(8)3-1-2-4-6(9)10/h6,9-10H,1-4H2,(H,7,8). The Morgan fingerprint density at radius 1 is 1.40 bits per heavy atom. The number of rotatable bonds is 5. The second kappa shape index (κ2) is 5.92. The predicted octanol–water partition coefficient (Wildman–Crippen LogP) is 1.82. The highest BCUT2D eigenvalue weighted by Gasteiger charge is 1.98. The van der Waals surface area contributed by atoms with E-state index in [2.05, 4.69) is 25.3 Å². The van der Waals surface area contributed by atoms with Crippen LogP contribution in [0, 0.1) is 0 Å². The number of carboxylic acid groups (broad SMARTS) is 1. The first-order chi connectivity index (χ1) is 4.63. The second-order valence-electron chi connectivity index (χ2n) is 2.12. The Bertz CT molecular complexity index is 104. The Kier molecular flexibility index (Phi) is 6.02. The van der Waals surface area contributed by atoms with E-state index in [1.54, 1.807) is 0 Å². The van der Waals surface area contributed by atoms with Gasteiger partial charge in [-0.25, -0.2) is 0 Å². The molecule has 0 atom stereocenters. The van der Waals surface area contributed by atoms with Gasteiger partial charge in [0.25, 0.3) is 0 Å². The SMILES string of the molecule is O=C(O)CCCCC(S)S. The van der Waals surface area contributed by atoms with E-state index < -0.39 is 5.97 Å². The minimum Gasteiger partial charge on any atom is -0.481 e. The maximum atomic E-state index is 10.0. The van der Waals surface area contributed by atoms with Crippen LogP contribution in [0.15, 0.2) is 0 Å². The lowest BCUT2D eigenvalue weighted by molar-refractivity contribution is -0.137. The van der Waals surface area contributed by atoms with Crippen LogP contribution in [-0.2, 0) is 4.79 Å².